The van der Waals surface area contributed by atoms with E-state index in [1.54, 1.807) is 0 Å². The first kappa shape index (κ1) is 47.9. The molecule has 12 nitrogen and oxygen atoms in total. The maximum absolute atomic E-state index is 12.7. The molecule has 1 heterocycles. The second-order valence-electron chi connectivity index (χ2n) is 13.6. The van der Waals surface area contributed by atoms with Crippen molar-refractivity contribution in [3.05, 3.63) is 36.5 Å². The van der Waals surface area contributed by atoms with E-state index in [9.17, 15) is 37.9 Å². The Morgan fingerprint density at radius 1 is 0.673 bits per heavy atom. The minimum atomic E-state index is -4.60. The standard InChI is InChI=1S/C39H68O12S/c1-3-5-7-9-11-13-15-16-18-20-22-24-26-28-35(41)50-32(29-48-34(40)27-25-23-21-19-17-14-12-10-8-6-4-2)30-49-39-38(44)37(43)36(42)33(51-39)31-52(45,46)47/h5,7,11,13,16,18,32-33,36-39,42-44H,3-4,6,8-10,12,14-15,17,19-31H2,1-2H3,(H,45,46,47)/b7-5-,13-11-,18-16-. The first-order valence-corrected chi connectivity index (χ1v) is 21.2. The van der Waals surface area contributed by atoms with Gasteiger partial charge in [0.15, 0.2) is 12.4 Å². The fraction of sp³-hybridized carbons (Fsp3) is 0.795. The first-order chi connectivity index (χ1) is 25.0. The summed E-state index contributed by atoms with van der Waals surface area (Å²) in [5.41, 5.74) is 0. The molecule has 0 saturated carbocycles. The molecule has 0 aliphatic carbocycles. The lowest BCUT2D eigenvalue weighted by Crippen LogP contribution is -2.60. The van der Waals surface area contributed by atoms with Crippen molar-refractivity contribution in [1.29, 1.82) is 0 Å². The van der Waals surface area contributed by atoms with E-state index in [-0.39, 0.29) is 19.4 Å². The Hall–Kier alpha value is -2.13. The third-order valence-electron chi connectivity index (χ3n) is 8.73. The summed E-state index contributed by atoms with van der Waals surface area (Å²) in [4.78, 5) is 25.2. The molecule has 0 aromatic rings. The van der Waals surface area contributed by atoms with E-state index in [1.165, 1.54) is 44.9 Å². The third kappa shape index (κ3) is 25.0. The number of allylic oxidation sites excluding steroid dienone is 6. The van der Waals surface area contributed by atoms with Gasteiger partial charge in [-0.1, -0.05) is 121 Å². The van der Waals surface area contributed by atoms with Crippen molar-refractivity contribution in [3.8, 4) is 0 Å². The second kappa shape index (κ2) is 30.2. The summed E-state index contributed by atoms with van der Waals surface area (Å²) < 4.78 is 53.8. The van der Waals surface area contributed by atoms with Gasteiger partial charge in [0.05, 0.1) is 6.61 Å². The van der Waals surface area contributed by atoms with E-state index < -0.39 is 71.2 Å². The zero-order chi connectivity index (χ0) is 38.5. The maximum atomic E-state index is 12.7. The summed E-state index contributed by atoms with van der Waals surface area (Å²) in [6.45, 7) is 3.58. The molecule has 0 bridgehead atoms. The van der Waals surface area contributed by atoms with Gasteiger partial charge in [0.2, 0.25) is 0 Å². The van der Waals surface area contributed by atoms with Crippen LogP contribution in [0, 0.1) is 0 Å². The van der Waals surface area contributed by atoms with E-state index in [0.717, 1.165) is 57.8 Å². The number of unbranched alkanes of at least 4 members (excludes halogenated alkanes) is 13. The van der Waals surface area contributed by atoms with Gasteiger partial charge in [-0.25, -0.2) is 0 Å². The van der Waals surface area contributed by atoms with Gasteiger partial charge in [-0.15, -0.1) is 0 Å². The van der Waals surface area contributed by atoms with Crippen LogP contribution in [0.5, 0.6) is 0 Å². The zero-order valence-electron chi connectivity index (χ0n) is 31.7. The molecule has 13 heteroatoms. The molecule has 1 fully saturated rings. The number of hydrogen-bond acceptors (Lipinski definition) is 11. The Balaban J connectivity index is 2.55. The molecule has 0 amide bonds. The first-order valence-electron chi connectivity index (χ1n) is 19.5. The number of rotatable bonds is 31. The minimum absolute atomic E-state index is 0.130. The SMILES string of the molecule is CC/C=C\C/C=C\C/C=C\CCCCCC(=O)OC(COC(=O)CCCCCCCCCCCCC)COC1OC(CS(=O)(=O)O)C(O)C(O)C1O. The van der Waals surface area contributed by atoms with Crippen molar-refractivity contribution in [1.82, 2.24) is 0 Å². The van der Waals surface area contributed by atoms with Crippen LogP contribution in [0.3, 0.4) is 0 Å². The Kier molecular flexibility index (Phi) is 27.8. The Morgan fingerprint density at radius 3 is 1.81 bits per heavy atom. The van der Waals surface area contributed by atoms with Crippen LogP contribution in [0.25, 0.3) is 0 Å². The van der Waals surface area contributed by atoms with Gasteiger partial charge in [0, 0.05) is 12.8 Å². The number of esters is 2. The third-order valence-corrected chi connectivity index (χ3v) is 9.48. The molecule has 6 unspecified atom stereocenters. The van der Waals surface area contributed by atoms with Gasteiger partial charge in [0.1, 0.15) is 36.8 Å². The minimum Gasteiger partial charge on any atom is -0.462 e. The lowest BCUT2D eigenvalue weighted by molar-refractivity contribution is -0.297. The van der Waals surface area contributed by atoms with Gasteiger partial charge in [-0.05, 0) is 44.9 Å². The van der Waals surface area contributed by atoms with Crippen molar-refractivity contribution in [2.45, 2.75) is 179 Å². The fourth-order valence-electron chi connectivity index (χ4n) is 5.69. The molecule has 0 spiro atoms. The summed E-state index contributed by atoms with van der Waals surface area (Å²) in [6, 6.07) is 0. The monoisotopic (exact) mass is 760 g/mol. The lowest BCUT2D eigenvalue weighted by Gasteiger charge is -2.40. The summed E-state index contributed by atoms with van der Waals surface area (Å²) in [5.74, 6) is -2.02. The van der Waals surface area contributed by atoms with Crippen LogP contribution in [0.2, 0.25) is 0 Å². The molecule has 52 heavy (non-hydrogen) atoms. The van der Waals surface area contributed by atoms with Crippen molar-refractivity contribution < 1.29 is 56.8 Å². The van der Waals surface area contributed by atoms with Crippen LogP contribution >= 0.6 is 0 Å². The van der Waals surface area contributed by atoms with E-state index >= 15 is 0 Å². The van der Waals surface area contributed by atoms with Crippen LogP contribution in [-0.4, -0.2) is 96.0 Å². The Morgan fingerprint density at radius 2 is 1.21 bits per heavy atom. The molecular weight excluding hydrogens is 692 g/mol. The number of carbonyl (C=O) groups is 2. The number of aliphatic hydroxyl groups excluding tert-OH is 3. The molecule has 1 saturated heterocycles. The quantitative estimate of drug-likeness (QED) is 0.0255. The topological polar surface area (TPSA) is 186 Å². The van der Waals surface area contributed by atoms with Crippen molar-refractivity contribution in [2.24, 2.45) is 0 Å². The smallest absolute Gasteiger partial charge is 0.306 e. The second-order valence-corrected chi connectivity index (χ2v) is 15.1. The Labute approximate surface area is 312 Å². The molecule has 1 rings (SSSR count). The number of ether oxygens (including phenoxy) is 4. The predicted octanol–water partition coefficient (Wildman–Crippen LogP) is 6.66. The molecule has 1 aliphatic rings. The predicted molar refractivity (Wildman–Crippen MR) is 201 cm³/mol. The largest absolute Gasteiger partial charge is 0.462 e. The molecular formula is C39H68O12S. The highest BCUT2D eigenvalue weighted by atomic mass is 32.2. The number of carbonyl (C=O) groups excluding carboxylic acids is 2. The van der Waals surface area contributed by atoms with Crippen LogP contribution < -0.4 is 0 Å². The molecule has 0 radical (unpaired) electrons. The molecule has 0 aromatic heterocycles. The highest BCUT2D eigenvalue weighted by molar-refractivity contribution is 7.85. The molecule has 0 aromatic carbocycles. The van der Waals surface area contributed by atoms with Crippen LogP contribution in [0.15, 0.2) is 36.5 Å². The van der Waals surface area contributed by atoms with E-state index in [2.05, 4.69) is 50.3 Å². The van der Waals surface area contributed by atoms with Crippen molar-refractivity contribution in [2.75, 3.05) is 19.0 Å². The number of aliphatic hydroxyl groups is 3. The summed E-state index contributed by atoms with van der Waals surface area (Å²) in [6.07, 6.45) is 22.1. The highest BCUT2D eigenvalue weighted by Gasteiger charge is 2.46. The van der Waals surface area contributed by atoms with E-state index in [0.29, 0.717) is 12.8 Å². The molecule has 6 atom stereocenters. The van der Waals surface area contributed by atoms with Crippen LogP contribution in [-0.2, 0) is 38.7 Å². The zero-order valence-corrected chi connectivity index (χ0v) is 32.5. The normalized spacial score (nSPS) is 21.7. The molecule has 1 aliphatic heterocycles. The molecule has 302 valence electrons. The fourth-order valence-corrected chi connectivity index (χ4v) is 6.38. The lowest BCUT2D eigenvalue weighted by atomic mass is 10.00. The maximum Gasteiger partial charge on any atom is 0.306 e. The molecule has 4 N–H and O–H groups in total. The van der Waals surface area contributed by atoms with Gasteiger partial charge in [-0.2, -0.15) is 8.42 Å². The van der Waals surface area contributed by atoms with Gasteiger partial charge in [0.25, 0.3) is 10.1 Å². The summed E-state index contributed by atoms with van der Waals surface area (Å²) >= 11 is 0. The van der Waals surface area contributed by atoms with Crippen molar-refractivity contribution in [3.63, 3.8) is 0 Å². The Bertz CT molecular complexity index is 1120. The van der Waals surface area contributed by atoms with Gasteiger partial charge in [-0.3, -0.25) is 14.1 Å². The highest BCUT2D eigenvalue weighted by Crippen LogP contribution is 2.24. The average molecular weight is 761 g/mol. The number of hydrogen-bond donors (Lipinski definition) is 4. The van der Waals surface area contributed by atoms with E-state index in [1.807, 2.05) is 0 Å². The average Bonchev–Trinajstić information content (AvgIpc) is 3.10. The van der Waals surface area contributed by atoms with Gasteiger partial charge < -0.3 is 34.3 Å². The van der Waals surface area contributed by atoms with E-state index in [4.69, 9.17) is 18.9 Å². The van der Waals surface area contributed by atoms with Crippen molar-refractivity contribution >= 4 is 22.1 Å². The van der Waals surface area contributed by atoms with Crippen LogP contribution in [0.1, 0.15) is 142 Å². The van der Waals surface area contributed by atoms with Crippen LogP contribution in [0.4, 0.5) is 0 Å². The summed E-state index contributed by atoms with van der Waals surface area (Å²) in [5, 5.41) is 30.7. The summed E-state index contributed by atoms with van der Waals surface area (Å²) in [7, 11) is -4.60. The van der Waals surface area contributed by atoms with Gasteiger partial charge >= 0.3 is 11.9 Å².